The number of halogens is 1. The average molecular weight is 390 g/mol. The van der Waals surface area contributed by atoms with E-state index >= 15 is 0 Å². The highest BCUT2D eigenvalue weighted by atomic mass is 32.1. The summed E-state index contributed by atoms with van der Waals surface area (Å²) in [6, 6.07) is 6.02. The van der Waals surface area contributed by atoms with Crippen LogP contribution in [0.15, 0.2) is 29.6 Å². The van der Waals surface area contributed by atoms with Crippen molar-refractivity contribution in [2.24, 2.45) is 5.92 Å². The van der Waals surface area contributed by atoms with Crippen molar-refractivity contribution in [1.82, 2.24) is 10.3 Å². The molecule has 1 saturated carbocycles. The zero-order valence-corrected chi connectivity index (χ0v) is 16.2. The Balaban J connectivity index is 1.58. The number of nitrogens with one attached hydrogen (secondary N) is 1. The molecule has 1 N–H and O–H groups in total. The van der Waals surface area contributed by atoms with Gasteiger partial charge < -0.3 is 10.1 Å². The van der Waals surface area contributed by atoms with E-state index in [9.17, 15) is 14.0 Å². The van der Waals surface area contributed by atoms with Crippen LogP contribution in [0.1, 0.15) is 50.0 Å². The van der Waals surface area contributed by atoms with Crippen molar-refractivity contribution in [2.45, 2.75) is 51.7 Å². The van der Waals surface area contributed by atoms with Gasteiger partial charge in [0.25, 0.3) is 5.91 Å². The first-order valence-electron chi connectivity index (χ1n) is 9.17. The van der Waals surface area contributed by atoms with Crippen LogP contribution in [0.4, 0.5) is 4.39 Å². The first kappa shape index (κ1) is 19.5. The Kier molecular flexibility index (Phi) is 6.21. The van der Waals surface area contributed by atoms with Crippen LogP contribution in [0.3, 0.4) is 0 Å². The van der Waals surface area contributed by atoms with E-state index in [1.807, 2.05) is 0 Å². The SMILES string of the molecule is C[C@@H]1CCCC[C@H]1NC(=O)[C@@H](C)OC(=O)c1csc(-c2ccc(F)cc2)n1. The number of rotatable bonds is 5. The minimum absolute atomic E-state index is 0.136. The zero-order valence-electron chi connectivity index (χ0n) is 15.4. The van der Waals surface area contributed by atoms with Crippen LogP contribution in [-0.2, 0) is 9.53 Å². The molecule has 1 aromatic heterocycles. The summed E-state index contributed by atoms with van der Waals surface area (Å²) >= 11 is 1.27. The summed E-state index contributed by atoms with van der Waals surface area (Å²) in [5, 5.41) is 5.16. The minimum Gasteiger partial charge on any atom is -0.448 e. The van der Waals surface area contributed by atoms with E-state index in [1.165, 1.54) is 29.9 Å². The number of amides is 1. The lowest BCUT2D eigenvalue weighted by Gasteiger charge is -2.30. The van der Waals surface area contributed by atoms with Crippen LogP contribution in [-0.4, -0.2) is 29.0 Å². The number of nitrogens with zero attached hydrogens (tertiary/aromatic N) is 1. The molecule has 7 heteroatoms. The molecule has 27 heavy (non-hydrogen) atoms. The Morgan fingerprint density at radius 2 is 1.96 bits per heavy atom. The molecule has 1 aliphatic rings. The number of ether oxygens (including phenoxy) is 1. The Bertz CT molecular complexity index is 806. The highest BCUT2D eigenvalue weighted by Crippen LogP contribution is 2.25. The average Bonchev–Trinajstić information content (AvgIpc) is 3.14. The number of carbonyl (C=O) groups is 2. The fourth-order valence-electron chi connectivity index (χ4n) is 3.20. The van der Waals surface area contributed by atoms with Gasteiger partial charge in [-0.3, -0.25) is 4.79 Å². The van der Waals surface area contributed by atoms with Crippen LogP contribution >= 0.6 is 11.3 Å². The van der Waals surface area contributed by atoms with Gasteiger partial charge >= 0.3 is 5.97 Å². The standard InChI is InChI=1S/C20H23FN2O3S/c1-12-5-3-4-6-16(12)22-18(24)13(2)26-20(25)17-11-27-19(23-17)14-7-9-15(21)10-8-14/h7-13,16H,3-6H2,1-2H3,(H,22,24)/t12-,13-,16-/m1/s1. The summed E-state index contributed by atoms with van der Waals surface area (Å²) < 4.78 is 18.3. The van der Waals surface area contributed by atoms with E-state index in [2.05, 4.69) is 17.2 Å². The molecular formula is C20H23FN2O3S. The van der Waals surface area contributed by atoms with Gasteiger partial charge in [-0.25, -0.2) is 14.2 Å². The lowest BCUT2D eigenvalue weighted by molar-refractivity contribution is -0.130. The third-order valence-corrected chi connectivity index (χ3v) is 5.79. The maximum Gasteiger partial charge on any atom is 0.358 e. The minimum atomic E-state index is -0.886. The van der Waals surface area contributed by atoms with Crippen LogP contribution < -0.4 is 5.32 Å². The topological polar surface area (TPSA) is 68.3 Å². The number of hydrogen-bond acceptors (Lipinski definition) is 5. The molecule has 0 saturated heterocycles. The first-order chi connectivity index (χ1) is 12.9. The number of benzene rings is 1. The fourth-order valence-corrected chi connectivity index (χ4v) is 3.99. The highest BCUT2D eigenvalue weighted by molar-refractivity contribution is 7.13. The monoisotopic (exact) mass is 390 g/mol. The van der Waals surface area contributed by atoms with Crippen molar-refractivity contribution in [3.8, 4) is 10.6 Å². The van der Waals surface area contributed by atoms with E-state index in [0.717, 1.165) is 24.8 Å². The van der Waals surface area contributed by atoms with Crippen LogP contribution in [0.5, 0.6) is 0 Å². The van der Waals surface area contributed by atoms with Crippen molar-refractivity contribution in [2.75, 3.05) is 0 Å². The Morgan fingerprint density at radius 1 is 1.26 bits per heavy atom. The highest BCUT2D eigenvalue weighted by Gasteiger charge is 2.27. The van der Waals surface area contributed by atoms with E-state index < -0.39 is 12.1 Å². The summed E-state index contributed by atoms with van der Waals surface area (Å²) in [7, 11) is 0. The lowest BCUT2D eigenvalue weighted by Crippen LogP contribution is -2.46. The van der Waals surface area contributed by atoms with Crippen molar-refractivity contribution in [3.63, 3.8) is 0 Å². The van der Waals surface area contributed by atoms with Crippen molar-refractivity contribution >= 4 is 23.2 Å². The van der Waals surface area contributed by atoms with Gasteiger partial charge in [0.1, 0.15) is 10.8 Å². The Hall–Kier alpha value is -2.28. The second-order valence-electron chi connectivity index (χ2n) is 6.97. The Morgan fingerprint density at radius 3 is 2.67 bits per heavy atom. The van der Waals surface area contributed by atoms with E-state index in [-0.39, 0.29) is 23.5 Å². The summed E-state index contributed by atoms with van der Waals surface area (Å²) in [4.78, 5) is 28.9. The van der Waals surface area contributed by atoms with Gasteiger partial charge in [-0.05, 0) is 49.9 Å². The number of aromatic nitrogens is 1. The summed E-state index contributed by atoms with van der Waals surface area (Å²) in [5.41, 5.74) is 0.863. The predicted octanol–water partition coefficient (Wildman–Crippen LogP) is 4.19. The van der Waals surface area contributed by atoms with Gasteiger partial charge in [0, 0.05) is 17.0 Å². The molecule has 144 valence electrons. The van der Waals surface area contributed by atoms with E-state index in [1.54, 1.807) is 24.4 Å². The van der Waals surface area contributed by atoms with Gasteiger partial charge in [0.15, 0.2) is 11.8 Å². The van der Waals surface area contributed by atoms with Crippen LogP contribution in [0.25, 0.3) is 10.6 Å². The summed E-state index contributed by atoms with van der Waals surface area (Å²) in [6.45, 7) is 3.70. The molecular weight excluding hydrogens is 367 g/mol. The lowest BCUT2D eigenvalue weighted by atomic mass is 9.86. The maximum absolute atomic E-state index is 13.0. The molecule has 0 radical (unpaired) electrons. The van der Waals surface area contributed by atoms with Crippen LogP contribution in [0.2, 0.25) is 0 Å². The molecule has 3 atom stereocenters. The molecule has 1 amide bonds. The molecule has 0 aliphatic heterocycles. The smallest absolute Gasteiger partial charge is 0.358 e. The molecule has 1 heterocycles. The molecule has 1 fully saturated rings. The molecule has 0 spiro atoms. The normalized spacial score (nSPS) is 20.7. The molecule has 2 aromatic rings. The molecule has 0 unspecified atom stereocenters. The van der Waals surface area contributed by atoms with Crippen molar-refractivity contribution in [1.29, 1.82) is 0 Å². The van der Waals surface area contributed by atoms with E-state index in [0.29, 0.717) is 10.9 Å². The van der Waals surface area contributed by atoms with Gasteiger partial charge in [-0.15, -0.1) is 11.3 Å². The largest absolute Gasteiger partial charge is 0.448 e. The molecule has 0 bridgehead atoms. The number of esters is 1. The molecule has 1 aromatic carbocycles. The quantitative estimate of drug-likeness (QED) is 0.778. The zero-order chi connectivity index (χ0) is 19.4. The van der Waals surface area contributed by atoms with E-state index in [4.69, 9.17) is 4.74 Å². The maximum atomic E-state index is 13.0. The van der Waals surface area contributed by atoms with Crippen molar-refractivity contribution in [3.05, 3.63) is 41.2 Å². The third kappa shape index (κ3) is 4.91. The predicted molar refractivity (Wildman–Crippen MR) is 102 cm³/mol. The second-order valence-corrected chi connectivity index (χ2v) is 7.83. The van der Waals surface area contributed by atoms with Gasteiger partial charge in [-0.2, -0.15) is 0 Å². The first-order valence-corrected chi connectivity index (χ1v) is 10.0. The summed E-state index contributed by atoms with van der Waals surface area (Å²) in [5.74, 6) is -0.820. The Labute approximate surface area is 162 Å². The van der Waals surface area contributed by atoms with Crippen LogP contribution in [0, 0.1) is 11.7 Å². The fraction of sp³-hybridized carbons (Fsp3) is 0.450. The summed E-state index contributed by atoms with van der Waals surface area (Å²) in [6.07, 6.45) is 3.47. The molecule has 3 rings (SSSR count). The third-order valence-electron chi connectivity index (χ3n) is 4.90. The molecule has 5 nitrogen and oxygen atoms in total. The van der Waals surface area contributed by atoms with Crippen molar-refractivity contribution < 1.29 is 18.7 Å². The number of carbonyl (C=O) groups excluding carboxylic acids is 2. The molecule has 1 aliphatic carbocycles. The second kappa shape index (κ2) is 8.61. The van der Waals surface area contributed by atoms with Gasteiger partial charge in [0.2, 0.25) is 0 Å². The van der Waals surface area contributed by atoms with Gasteiger partial charge in [-0.1, -0.05) is 19.8 Å². The van der Waals surface area contributed by atoms with Gasteiger partial charge in [0.05, 0.1) is 0 Å². The number of thiazole rings is 1. The number of hydrogen-bond donors (Lipinski definition) is 1.